The molecule has 0 saturated heterocycles. The Labute approximate surface area is 56.7 Å². The lowest BCUT2D eigenvalue weighted by molar-refractivity contribution is 0.265. The van der Waals surface area contributed by atoms with Gasteiger partial charge in [0.05, 0.1) is 12.9 Å². The minimum Gasteiger partial charge on any atom is -0.502 e. The number of nitrogens with two attached hydrogens (primary N) is 1. The van der Waals surface area contributed by atoms with Crippen molar-refractivity contribution in [2.24, 2.45) is 11.7 Å². The Morgan fingerprint density at radius 2 is 2.33 bits per heavy atom. The van der Waals surface area contributed by atoms with E-state index < -0.39 is 0 Å². The van der Waals surface area contributed by atoms with Crippen LogP contribution < -0.4 is 5.73 Å². The molecule has 2 heteroatoms. The first kappa shape index (κ1) is 8.50. The van der Waals surface area contributed by atoms with Gasteiger partial charge in [-0.25, -0.2) is 0 Å². The standard InChI is InChI=1S/C7H15NO/c1-6(5-8)4-7(2)9-3/h6H,2,4-5,8H2,1,3H3/t6-/m1/s1. The molecule has 0 aromatic rings. The van der Waals surface area contributed by atoms with Gasteiger partial charge in [0, 0.05) is 6.42 Å². The molecule has 0 aliphatic carbocycles. The van der Waals surface area contributed by atoms with Crippen LogP contribution in [0.3, 0.4) is 0 Å². The molecule has 54 valence electrons. The van der Waals surface area contributed by atoms with E-state index in [-0.39, 0.29) is 0 Å². The van der Waals surface area contributed by atoms with Gasteiger partial charge in [-0.2, -0.15) is 0 Å². The van der Waals surface area contributed by atoms with Crippen molar-refractivity contribution in [3.05, 3.63) is 12.3 Å². The lowest BCUT2D eigenvalue weighted by atomic mass is 10.1. The van der Waals surface area contributed by atoms with Crippen molar-refractivity contribution >= 4 is 0 Å². The van der Waals surface area contributed by atoms with Gasteiger partial charge in [-0.05, 0) is 12.5 Å². The molecule has 0 aromatic heterocycles. The van der Waals surface area contributed by atoms with Crippen molar-refractivity contribution in [3.8, 4) is 0 Å². The molecule has 0 bridgehead atoms. The van der Waals surface area contributed by atoms with Crippen molar-refractivity contribution in [2.45, 2.75) is 13.3 Å². The molecule has 0 rings (SSSR count). The van der Waals surface area contributed by atoms with Crippen molar-refractivity contribution in [3.63, 3.8) is 0 Å². The van der Waals surface area contributed by atoms with Crippen LogP contribution >= 0.6 is 0 Å². The lowest BCUT2D eigenvalue weighted by Gasteiger charge is -2.08. The minimum absolute atomic E-state index is 0.484. The van der Waals surface area contributed by atoms with Gasteiger partial charge < -0.3 is 10.5 Å². The van der Waals surface area contributed by atoms with E-state index in [2.05, 4.69) is 13.5 Å². The van der Waals surface area contributed by atoms with Crippen molar-refractivity contribution < 1.29 is 4.74 Å². The summed E-state index contributed by atoms with van der Waals surface area (Å²) in [5.41, 5.74) is 5.38. The molecule has 0 aliphatic rings. The number of allylic oxidation sites excluding steroid dienone is 1. The second kappa shape index (κ2) is 4.39. The van der Waals surface area contributed by atoms with Crippen molar-refractivity contribution in [1.29, 1.82) is 0 Å². The van der Waals surface area contributed by atoms with E-state index in [1.165, 1.54) is 0 Å². The van der Waals surface area contributed by atoms with Gasteiger partial charge in [0.1, 0.15) is 0 Å². The molecule has 2 N–H and O–H groups in total. The zero-order chi connectivity index (χ0) is 7.28. The van der Waals surface area contributed by atoms with E-state index in [1.807, 2.05) is 0 Å². The van der Waals surface area contributed by atoms with Gasteiger partial charge in [0.25, 0.3) is 0 Å². The fourth-order valence-corrected chi connectivity index (χ4v) is 0.555. The first-order valence-electron chi connectivity index (χ1n) is 3.12. The third kappa shape index (κ3) is 4.03. The van der Waals surface area contributed by atoms with Gasteiger partial charge in [0.2, 0.25) is 0 Å². The monoisotopic (exact) mass is 129 g/mol. The van der Waals surface area contributed by atoms with Crippen LogP contribution in [0.2, 0.25) is 0 Å². The van der Waals surface area contributed by atoms with Crippen LogP contribution in [-0.2, 0) is 4.74 Å². The van der Waals surface area contributed by atoms with E-state index in [0.717, 1.165) is 12.2 Å². The summed E-state index contributed by atoms with van der Waals surface area (Å²) < 4.78 is 4.87. The third-order valence-electron chi connectivity index (χ3n) is 1.27. The Morgan fingerprint density at radius 1 is 1.78 bits per heavy atom. The van der Waals surface area contributed by atoms with E-state index in [9.17, 15) is 0 Å². The quantitative estimate of drug-likeness (QED) is 0.577. The fraction of sp³-hybridized carbons (Fsp3) is 0.714. The fourth-order valence-electron chi connectivity index (χ4n) is 0.555. The zero-order valence-corrected chi connectivity index (χ0v) is 6.18. The molecule has 0 spiro atoms. The van der Waals surface area contributed by atoms with Crippen LogP contribution in [0.1, 0.15) is 13.3 Å². The molecule has 0 fully saturated rings. The molecule has 2 nitrogen and oxygen atoms in total. The largest absolute Gasteiger partial charge is 0.502 e. The average molecular weight is 129 g/mol. The maximum Gasteiger partial charge on any atom is 0.0887 e. The number of methoxy groups -OCH3 is 1. The third-order valence-corrected chi connectivity index (χ3v) is 1.27. The summed E-state index contributed by atoms with van der Waals surface area (Å²) in [4.78, 5) is 0. The Kier molecular flexibility index (Phi) is 4.14. The maximum atomic E-state index is 5.38. The smallest absolute Gasteiger partial charge is 0.0887 e. The van der Waals surface area contributed by atoms with Gasteiger partial charge in [-0.15, -0.1) is 0 Å². The summed E-state index contributed by atoms with van der Waals surface area (Å²) >= 11 is 0. The Bertz CT molecular complexity index is 90.9. The van der Waals surface area contributed by atoms with Crippen molar-refractivity contribution in [2.75, 3.05) is 13.7 Å². The normalized spacial score (nSPS) is 12.8. The summed E-state index contributed by atoms with van der Waals surface area (Å²) in [5.74, 6) is 1.30. The predicted octanol–water partition coefficient (Wildman–Crippen LogP) is 1.13. The van der Waals surface area contributed by atoms with Gasteiger partial charge in [-0.1, -0.05) is 13.5 Å². The van der Waals surface area contributed by atoms with E-state index >= 15 is 0 Å². The number of hydrogen-bond acceptors (Lipinski definition) is 2. The second-order valence-corrected chi connectivity index (χ2v) is 2.29. The number of hydrogen-bond donors (Lipinski definition) is 1. The summed E-state index contributed by atoms with van der Waals surface area (Å²) in [5, 5.41) is 0. The van der Waals surface area contributed by atoms with Crippen LogP contribution in [0, 0.1) is 5.92 Å². The molecular formula is C7H15NO. The summed E-state index contributed by atoms with van der Waals surface area (Å²) in [6, 6.07) is 0. The van der Waals surface area contributed by atoms with E-state index in [1.54, 1.807) is 7.11 Å². The Balaban J connectivity index is 3.34. The van der Waals surface area contributed by atoms with Crippen LogP contribution in [0.5, 0.6) is 0 Å². The van der Waals surface area contributed by atoms with Gasteiger partial charge >= 0.3 is 0 Å². The summed E-state index contributed by atoms with van der Waals surface area (Å²) in [6.07, 6.45) is 0.868. The van der Waals surface area contributed by atoms with Crippen LogP contribution in [0.15, 0.2) is 12.3 Å². The highest BCUT2D eigenvalue weighted by atomic mass is 16.5. The van der Waals surface area contributed by atoms with Crippen molar-refractivity contribution in [1.82, 2.24) is 0 Å². The van der Waals surface area contributed by atoms with Crippen LogP contribution in [0.4, 0.5) is 0 Å². The lowest BCUT2D eigenvalue weighted by Crippen LogP contribution is -2.11. The molecule has 1 atom stereocenters. The molecular weight excluding hydrogens is 114 g/mol. The number of rotatable bonds is 4. The molecule has 0 unspecified atom stereocenters. The summed E-state index contributed by atoms with van der Waals surface area (Å²) in [6.45, 7) is 6.45. The van der Waals surface area contributed by atoms with E-state index in [0.29, 0.717) is 12.5 Å². The molecule has 0 saturated carbocycles. The average Bonchev–Trinajstić information content (AvgIpc) is 1.87. The molecule has 9 heavy (non-hydrogen) atoms. The highest BCUT2D eigenvalue weighted by molar-refractivity contribution is 4.83. The first-order chi connectivity index (χ1) is 4.20. The molecule has 0 aliphatic heterocycles. The minimum atomic E-state index is 0.484. The van der Waals surface area contributed by atoms with Crippen LogP contribution in [-0.4, -0.2) is 13.7 Å². The first-order valence-corrected chi connectivity index (χ1v) is 3.12. The van der Waals surface area contributed by atoms with Gasteiger partial charge in [-0.3, -0.25) is 0 Å². The predicted molar refractivity (Wildman–Crippen MR) is 39.0 cm³/mol. The highest BCUT2D eigenvalue weighted by Crippen LogP contribution is 2.07. The molecule has 0 radical (unpaired) electrons. The Morgan fingerprint density at radius 3 is 2.67 bits per heavy atom. The Hall–Kier alpha value is -0.500. The second-order valence-electron chi connectivity index (χ2n) is 2.29. The molecule has 0 aromatic carbocycles. The highest BCUT2D eigenvalue weighted by Gasteiger charge is 2.00. The van der Waals surface area contributed by atoms with Crippen LogP contribution in [0.25, 0.3) is 0 Å². The molecule has 0 heterocycles. The van der Waals surface area contributed by atoms with Gasteiger partial charge in [0.15, 0.2) is 0 Å². The SMILES string of the molecule is C=C(C[C@@H](C)CN)OC. The maximum absolute atomic E-state index is 5.38. The summed E-state index contributed by atoms with van der Waals surface area (Å²) in [7, 11) is 1.63. The number of ether oxygens (including phenoxy) is 1. The van der Waals surface area contributed by atoms with E-state index in [4.69, 9.17) is 10.5 Å². The zero-order valence-electron chi connectivity index (χ0n) is 6.18. The topological polar surface area (TPSA) is 35.2 Å². The molecule has 0 amide bonds.